The summed E-state index contributed by atoms with van der Waals surface area (Å²) in [6.07, 6.45) is 2.09. The highest BCUT2D eigenvalue weighted by Crippen LogP contribution is 2.24. The number of hydrogen-bond acceptors (Lipinski definition) is 3. The highest BCUT2D eigenvalue weighted by molar-refractivity contribution is 6.30. The van der Waals surface area contributed by atoms with Crippen LogP contribution < -0.4 is 0 Å². The molecule has 27 heavy (non-hydrogen) atoms. The molecule has 1 fully saturated rings. The average Bonchev–Trinajstić information content (AvgIpc) is 2.59. The number of benzene rings is 1. The SMILES string of the molecule is CC(C)N(Cc1ccc(Cl)cc1)C(=O)[C@@H]1CCCCN1C(=O)OC(C)(C)C. The first-order valence-corrected chi connectivity index (χ1v) is 10.0. The Hall–Kier alpha value is -1.75. The Bertz CT molecular complexity index is 652. The Morgan fingerprint density at radius 2 is 1.85 bits per heavy atom. The van der Waals surface area contributed by atoms with Crippen molar-refractivity contribution in [3.8, 4) is 0 Å². The van der Waals surface area contributed by atoms with Gasteiger partial charge in [0.15, 0.2) is 0 Å². The molecule has 5 nitrogen and oxygen atoms in total. The van der Waals surface area contributed by atoms with Gasteiger partial charge in [-0.1, -0.05) is 23.7 Å². The number of likely N-dealkylation sites (tertiary alicyclic amines) is 1. The van der Waals surface area contributed by atoms with Crippen LogP contribution in [-0.2, 0) is 16.1 Å². The molecule has 2 rings (SSSR count). The predicted octanol–water partition coefficient (Wildman–Crippen LogP) is 4.87. The maximum atomic E-state index is 13.3. The van der Waals surface area contributed by atoms with Gasteiger partial charge in [0.25, 0.3) is 0 Å². The van der Waals surface area contributed by atoms with Gasteiger partial charge in [0.1, 0.15) is 11.6 Å². The molecule has 2 amide bonds. The van der Waals surface area contributed by atoms with E-state index < -0.39 is 17.7 Å². The normalized spacial score (nSPS) is 17.7. The van der Waals surface area contributed by atoms with Crippen molar-refractivity contribution in [2.75, 3.05) is 6.54 Å². The van der Waals surface area contributed by atoms with Crippen molar-refractivity contribution in [3.05, 3.63) is 34.9 Å². The molecule has 1 aromatic carbocycles. The number of rotatable bonds is 4. The van der Waals surface area contributed by atoms with Gasteiger partial charge in [0, 0.05) is 24.2 Å². The number of piperidine rings is 1. The molecule has 0 bridgehead atoms. The van der Waals surface area contributed by atoms with Gasteiger partial charge in [-0.2, -0.15) is 0 Å². The van der Waals surface area contributed by atoms with Gasteiger partial charge < -0.3 is 9.64 Å². The Morgan fingerprint density at radius 3 is 2.41 bits per heavy atom. The van der Waals surface area contributed by atoms with Gasteiger partial charge >= 0.3 is 6.09 Å². The number of nitrogens with zero attached hydrogens (tertiary/aromatic N) is 2. The summed E-state index contributed by atoms with van der Waals surface area (Å²) in [4.78, 5) is 29.4. The zero-order chi connectivity index (χ0) is 20.2. The van der Waals surface area contributed by atoms with Gasteiger partial charge in [0.05, 0.1) is 0 Å². The Morgan fingerprint density at radius 1 is 1.22 bits per heavy atom. The van der Waals surface area contributed by atoms with E-state index in [1.165, 1.54) is 0 Å². The average molecular weight is 395 g/mol. The van der Waals surface area contributed by atoms with Gasteiger partial charge in [-0.15, -0.1) is 0 Å². The number of carbonyl (C=O) groups is 2. The summed E-state index contributed by atoms with van der Waals surface area (Å²) in [5.41, 5.74) is 0.435. The van der Waals surface area contributed by atoms with Crippen LogP contribution in [0.4, 0.5) is 4.79 Å². The van der Waals surface area contributed by atoms with Crippen LogP contribution in [-0.4, -0.2) is 46.0 Å². The van der Waals surface area contributed by atoms with Crippen molar-refractivity contribution in [1.82, 2.24) is 9.80 Å². The van der Waals surface area contributed by atoms with Crippen LogP contribution in [0.15, 0.2) is 24.3 Å². The first-order valence-electron chi connectivity index (χ1n) is 9.63. The van der Waals surface area contributed by atoms with E-state index in [1.807, 2.05) is 63.8 Å². The van der Waals surface area contributed by atoms with E-state index in [1.54, 1.807) is 4.90 Å². The molecule has 0 N–H and O–H groups in total. The molecule has 150 valence electrons. The first-order chi connectivity index (χ1) is 12.6. The van der Waals surface area contributed by atoms with Crippen LogP contribution in [0.2, 0.25) is 5.02 Å². The molecular formula is C21H31ClN2O3. The summed E-state index contributed by atoms with van der Waals surface area (Å²) in [6, 6.07) is 7.06. The van der Waals surface area contributed by atoms with Crippen molar-refractivity contribution in [3.63, 3.8) is 0 Å². The van der Waals surface area contributed by atoms with Crippen molar-refractivity contribution >= 4 is 23.6 Å². The number of hydrogen-bond donors (Lipinski definition) is 0. The van der Waals surface area contributed by atoms with Crippen LogP contribution in [0.25, 0.3) is 0 Å². The van der Waals surface area contributed by atoms with Crippen molar-refractivity contribution in [1.29, 1.82) is 0 Å². The van der Waals surface area contributed by atoms with E-state index in [2.05, 4.69) is 0 Å². The van der Waals surface area contributed by atoms with E-state index in [9.17, 15) is 9.59 Å². The molecule has 1 aliphatic rings. The van der Waals surface area contributed by atoms with Gasteiger partial charge in [-0.3, -0.25) is 9.69 Å². The van der Waals surface area contributed by atoms with Crippen molar-refractivity contribution < 1.29 is 14.3 Å². The van der Waals surface area contributed by atoms with Crippen LogP contribution in [0, 0.1) is 0 Å². The number of ether oxygens (including phenoxy) is 1. The zero-order valence-corrected chi connectivity index (χ0v) is 17.8. The van der Waals surface area contributed by atoms with Crippen LogP contribution >= 0.6 is 11.6 Å². The second kappa shape index (κ2) is 8.96. The maximum Gasteiger partial charge on any atom is 0.410 e. The summed E-state index contributed by atoms with van der Waals surface area (Å²) in [7, 11) is 0. The molecule has 1 atom stereocenters. The quantitative estimate of drug-likeness (QED) is 0.732. The van der Waals surface area contributed by atoms with E-state index in [0.717, 1.165) is 18.4 Å². The Kier molecular flexibility index (Phi) is 7.15. The number of halogens is 1. The maximum absolute atomic E-state index is 13.3. The minimum absolute atomic E-state index is 0.0227. The third-order valence-corrected chi connectivity index (χ3v) is 4.84. The number of amides is 2. The standard InChI is InChI=1S/C21H31ClN2O3/c1-15(2)24(14-16-9-11-17(22)12-10-16)19(25)18-8-6-7-13-23(18)20(26)27-21(3,4)5/h9-12,15,18H,6-8,13-14H2,1-5H3/t18-/m0/s1. The third-order valence-electron chi connectivity index (χ3n) is 4.59. The van der Waals surface area contributed by atoms with Crippen molar-refractivity contribution in [2.24, 2.45) is 0 Å². The lowest BCUT2D eigenvalue weighted by atomic mass is 10.0. The molecular weight excluding hydrogens is 364 g/mol. The zero-order valence-electron chi connectivity index (χ0n) is 17.0. The molecule has 0 radical (unpaired) electrons. The molecule has 1 aromatic rings. The lowest BCUT2D eigenvalue weighted by Crippen LogP contribution is -2.55. The molecule has 0 saturated carbocycles. The first kappa shape index (κ1) is 21.5. The van der Waals surface area contributed by atoms with Crippen LogP contribution in [0.5, 0.6) is 0 Å². The monoisotopic (exact) mass is 394 g/mol. The highest BCUT2D eigenvalue weighted by atomic mass is 35.5. The fraction of sp³-hybridized carbons (Fsp3) is 0.619. The summed E-state index contributed by atoms with van der Waals surface area (Å²) >= 11 is 5.96. The van der Waals surface area contributed by atoms with E-state index >= 15 is 0 Å². The Labute approximate surface area is 167 Å². The van der Waals surface area contributed by atoms with Gasteiger partial charge in [-0.05, 0) is 71.6 Å². The highest BCUT2D eigenvalue weighted by Gasteiger charge is 2.37. The minimum atomic E-state index is -0.580. The smallest absolute Gasteiger partial charge is 0.410 e. The topological polar surface area (TPSA) is 49.9 Å². The molecule has 0 spiro atoms. The second-order valence-corrected chi connectivity index (χ2v) is 8.81. The fourth-order valence-electron chi connectivity index (χ4n) is 3.22. The molecule has 1 saturated heterocycles. The summed E-state index contributed by atoms with van der Waals surface area (Å²) in [5.74, 6) is -0.0227. The Balaban J connectivity index is 2.18. The molecule has 6 heteroatoms. The lowest BCUT2D eigenvalue weighted by Gasteiger charge is -2.39. The van der Waals surface area contributed by atoms with E-state index in [4.69, 9.17) is 16.3 Å². The predicted molar refractivity (Wildman–Crippen MR) is 108 cm³/mol. The third kappa shape index (κ3) is 6.13. The molecule has 0 unspecified atom stereocenters. The van der Waals surface area contributed by atoms with Crippen LogP contribution in [0.1, 0.15) is 59.4 Å². The summed E-state index contributed by atoms with van der Waals surface area (Å²) < 4.78 is 5.53. The van der Waals surface area contributed by atoms with Crippen molar-refractivity contribution in [2.45, 2.75) is 78.1 Å². The van der Waals surface area contributed by atoms with Gasteiger partial charge in [-0.25, -0.2) is 4.79 Å². The molecule has 0 aromatic heterocycles. The van der Waals surface area contributed by atoms with Crippen LogP contribution in [0.3, 0.4) is 0 Å². The lowest BCUT2D eigenvalue weighted by molar-refractivity contribution is -0.140. The minimum Gasteiger partial charge on any atom is -0.444 e. The van der Waals surface area contributed by atoms with Gasteiger partial charge in [0.2, 0.25) is 5.91 Å². The fourth-order valence-corrected chi connectivity index (χ4v) is 3.35. The summed E-state index contributed by atoms with van der Waals surface area (Å²) in [5, 5.41) is 0.671. The van der Waals surface area contributed by atoms with E-state index in [0.29, 0.717) is 24.5 Å². The largest absolute Gasteiger partial charge is 0.444 e. The summed E-state index contributed by atoms with van der Waals surface area (Å²) in [6.45, 7) is 10.6. The van der Waals surface area contributed by atoms with E-state index in [-0.39, 0.29) is 11.9 Å². The molecule has 1 heterocycles. The number of carbonyl (C=O) groups excluding carboxylic acids is 2. The molecule has 1 aliphatic heterocycles. The molecule has 0 aliphatic carbocycles. The second-order valence-electron chi connectivity index (χ2n) is 8.37.